The third-order valence-electron chi connectivity index (χ3n) is 3.45. The van der Waals surface area contributed by atoms with Crippen molar-refractivity contribution in [1.29, 1.82) is 0 Å². The summed E-state index contributed by atoms with van der Waals surface area (Å²) in [6, 6.07) is 13.3. The molecule has 1 amide bonds. The zero-order valence-electron chi connectivity index (χ0n) is 12.1. The lowest BCUT2D eigenvalue weighted by Crippen LogP contribution is -2.28. The van der Waals surface area contributed by atoms with E-state index in [1.165, 1.54) is 5.56 Å². The van der Waals surface area contributed by atoms with E-state index in [4.69, 9.17) is 23.2 Å². The van der Waals surface area contributed by atoms with Gasteiger partial charge in [-0.05, 0) is 35.7 Å². The summed E-state index contributed by atoms with van der Waals surface area (Å²) in [7, 11) is 1.80. The molecule has 4 heteroatoms. The second-order valence-corrected chi connectivity index (χ2v) is 5.93. The molecule has 2 aromatic carbocycles. The zero-order chi connectivity index (χ0) is 15.4. The molecule has 0 aliphatic rings. The number of halogens is 2. The predicted octanol–water partition coefficient (Wildman–Crippen LogP) is 4.50. The van der Waals surface area contributed by atoms with Crippen LogP contribution in [0.4, 0.5) is 0 Å². The Balaban J connectivity index is 2.04. The Bertz CT molecular complexity index is 655. The molecule has 0 aromatic heterocycles. The summed E-state index contributed by atoms with van der Waals surface area (Å²) in [6.45, 7) is 2.64. The highest BCUT2D eigenvalue weighted by molar-refractivity contribution is 6.35. The van der Waals surface area contributed by atoms with E-state index in [0.717, 1.165) is 11.1 Å². The second kappa shape index (κ2) is 6.97. The van der Waals surface area contributed by atoms with E-state index in [0.29, 0.717) is 16.6 Å². The number of carbonyl (C=O) groups is 1. The van der Waals surface area contributed by atoms with Crippen molar-refractivity contribution < 1.29 is 4.79 Å². The first-order chi connectivity index (χ1) is 9.97. The van der Waals surface area contributed by atoms with Gasteiger partial charge in [0.2, 0.25) is 5.91 Å². The van der Waals surface area contributed by atoms with Crippen LogP contribution in [0.25, 0.3) is 0 Å². The van der Waals surface area contributed by atoms with Crippen LogP contribution in [-0.4, -0.2) is 17.9 Å². The number of rotatable bonds is 4. The van der Waals surface area contributed by atoms with E-state index in [-0.39, 0.29) is 12.3 Å². The smallest absolute Gasteiger partial charge is 0.227 e. The summed E-state index contributed by atoms with van der Waals surface area (Å²) in [5.41, 5.74) is 3.12. The highest BCUT2D eigenvalue weighted by Gasteiger charge is 2.13. The van der Waals surface area contributed by atoms with Gasteiger partial charge in [0.05, 0.1) is 6.42 Å². The largest absolute Gasteiger partial charge is 0.341 e. The Kier molecular flexibility index (Phi) is 5.27. The molecule has 0 saturated carbocycles. The van der Waals surface area contributed by atoms with Crippen LogP contribution in [0.3, 0.4) is 0 Å². The fraction of sp³-hybridized carbons (Fsp3) is 0.235. The lowest BCUT2D eigenvalue weighted by Gasteiger charge is -2.19. The molecule has 0 heterocycles. The monoisotopic (exact) mass is 321 g/mol. The Morgan fingerprint density at radius 3 is 2.48 bits per heavy atom. The highest BCUT2D eigenvalue weighted by Crippen LogP contribution is 2.22. The maximum atomic E-state index is 12.3. The van der Waals surface area contributed by atoms with Crippen molar-refractivity contribution in [3.05, 3.63) is 69.2 Å². The fourth-order valence-corrected chi connectivity index (χ4v) is 2.57. The fourth-order valence-electron chi connectivity index (χ4n) is 2.09. The van der Waals surface area contributed by atoms with Gasteiger partial charge < -0.3 is 4.90 Å². The van der Waals surface area contributed by atoms with Crippen molar-refractivity contribution in [2.75, 3.05) is 7.05 Å². The molecule has 0 spiro atoms. The number of hydrogen-bond acceptors (Lipinski definition) is 1. The number of amides is 1. The van der Waals surface area contributed by atoms with Gasteiger partial charge in [-0.2, -0.15) is 0 Å². The molecular weight excluding hydrogens is 305 g/mol. The molecule has 0 saturated heterocycles. The number of hydrogen-bond donors (Lipinski definition) is 0. The van der Waals surface area contributed by atoms with Gasteiger partial charge in [0, 0.05) is 23.6 Å². The predicted molar refractivity (Wildman–Crippen MR) is 87.8 cm³/mol. The molecule has 21 heavy (non-hydrogen) atoms. The Morgan fingerprint density at radius 2 is 1.81 bits per heavy atom. The van der Waals surface area contributed by atoms with Gasteiger partial charge in [0.25, 0.3) is 0 Å². The van der Waals surface area contributed by atoms with Crippen molar-refractivity contribution >= 4 is 29.1 Å². The summed E-state index contributed by atoms with van der Waals surface area (Å²) in [5.74, 6) is 0.0301. The molecule has 0 aliphatic carbocycles. The molecule has 0 atom stereocenters. The van der Waals surface area contributed by atoms with E-state index < -0.39 is 0 Å². The van der Waals surface area contributed by atoms with Crippen LogP contribution >= 0.6 is 23.2 Å². The minimum Gasteiger partial charge on any atom is -0.341 e. The molecule has 110 valence electrons. The summed E-state index contributed by atoms with van der Waals surface area (Å²) in [5, 5.41) is 1.10. The maximum Gasteiger partial charge on any atom is 0.227 e. The molecule has 2 aromatic rings. The molecular formula is C17H17Cl2NO. The average Bonchev–Trinajstić information content (AvgIpc) is 2.44. The van der Waals surface area contributed by atoms with Crippen LogP contribution in [-0.2, 0) is 17.8 Å². The Morgan fingerprint density at radius 1 is 1.10 bits per heavy atom. The summed E-state index contributed by atoms with van der Waals surface area (Å²) >= 11 is 12.0. The summed E-state index contributed by atoms with van der Waals surface area (Å²) < 4.78 is 0. The average molecular weight is 322 g/mol. The number of benzene rings is 2. The molecule has 0 aliphatic heterocycles. The van der Waals surface area contributed by atoms with Gasteiger partial charge in [-0.15, -0.1) is 0 Å². The van der Waals surface area contributed by atoms with Crippen molar-refractivity contribution in [1.82, 2.24) is 4.90 Å². The molecule has 2 nitrogen and oxygen atoms in total. The third kappa shape index (κ3) is 4.23. The van der Waals surface area contributed by atoms with Gasteiger partial charge in [-0.3, -0.25) is 4.79 Å². The minimum absolute atomic E-state index is 0.0301. The van der Waals surface area contributed by atoms with Crippen molar-refractivity contribution in [3.8, 4) is 0 Å². The first-order valence-corrected chi connectivity index (χ1v) is 7.45. The quantitative estimate of drug-likeness (QED) is 0.811. The van der Waals surface area contributed by atoms with E-state index in [9.17, 15) is 4.79 Å². The molecule has 0 N–H and O–H groups in total. The molecule has 2 rings (SSSR count). The van der Waals surface area contributed by atoms with Crippen LogP contribution < -0.4 is 0 Å². The maximum absolute atomic E-state index is 12.3. The van der Waals surface area contributed by atoms with E-state index in [1.807, 2.05) is 31.2 Å². The Hall–Kier alpha value is -1.51. The highest BCUT2D eigenvalue weighted by atomic mass is 35.5. The van der Waals surface area contributed by atoms with Gasteiger partial charge in [0.1, 0.15) is 0 Å². The number of nitrogens with zero attached hydrogens (tertiary/aromatic N) is 1. The van der Waals surface area contributed by atoms with Crippen molar-refractivity contribution in [3.63, 3.8) is 0 Å². The first kappa shape index (κ1) is 15.9. The number of carbonyl (C=O) groups excluding carboxylic acids is 1. The normalized spacial score (nSPS) is 10.5. The van der Waals surface area contributed by atoms with E-state index in [1.54, 1.807) is 30.1 Å². The lowest BCUT2D eigenvalue weighted by molar-refractivity contribution is -0.129. The summed E-state index contributed by atoms with van der Waals surface area (Å²) in [4.78, 5) is 14.0. The Labute approximate surface area is 135 Å². The van der Waals surface area contributed by atoms with Crippen LogP contribution in [0.1, 0.15) is 16.7 Å². The SMILES string of the molecule is Cc1ccccc1CN(C)C(=O)Cc1ccc(Cl)cc1Cl. The molecule has 0 fully saturated rings. The van der Waals surface area contributed by atoms with Gasteiger partial charge in [0.15, 0.2) is 0 Å². The summed E-state index contributed by atoms with van der Waals surface area (Å²) in [6.07, 6.45) is 0.276. The number of likely N-dealkylation sites (N-methyl/N-ethyl adjacent to an activating group) is 1. The van der Waals surface area contributed by atoms with Crippen LogP contribution in [0, 0.1) is 6.92 Å². The first-order valence-electron chi connectivity index (χ1n) is 6.70. The van der Waals surface area contributed by atoms with Crippen LogP contribution in [0.5, 0.6) is 0 Å². The van der Waals surface area contributed by atoms with Crippen molar-refractivity contribution in [2.45, 2.75) is 19.9 Å². The van der Waals surface area contributed by atoms with Crippen LogP contribution in [0.2, 0.25) is 10.0 Å². The van der Waals surface area contributed by atoms with E-state index in [2.05, 4.69) is 0 Å². The van der Waals surface area contributed by atoms with Crippen molar-refractivity contribution in [2.24, 2.45) is 0 Å². The molecule has 0 unspecified atom stereocenters. The van der Waals surface area contributed by atoms with Gasteiger partial charge in [-0.1, -0.05) is 53.5 Å². The minimum atomic E-state index is 0.0301. The standard InChI is InChI=1S/C17H17Cl2NO/c1-12-5-3-4-6-14(12)11-20(2)17(21)9-13-7-8-15(18)10-16(13)19/h3-8,10H,9,11H2,1-2H3. The van der Waals surface area contributed by atoms with Gasteiger partial charge in [-0.25, -0.2) is 0 Å². The van der Waals surface area contributed by atoms with Crippen LogP contribution in [0.15, 0.2) is 42.5 Å². The molecule has 0 radical (unpaired) electrons. The van der Waals surface area contributed by atoms with E-state index >= 15 is 0 Å². The second-order valence-electron chi connectivity index (χ2n) is 5.09. The molecule has 0 bridgehead atoms. The topological polar surface area (TPSA) is 20.3 Å². The van der Waals surface area contributed by atoms with Gasteiger partial charge >= 0.3 is 0 Å². The zero-order valence-corrected chi connectivity index (χ0v) is 13.6. The third-order valence-corrected chi connectivity index (χ3v) is 4.04. The number of aryl methyl sites for hydroxylation is 1. The lowest BCUT2D eigenvalue weighted by atomic mass is 10.1.